The Labute approximate surface area is 175 Å². The predicted molar refractivity (Wildman–Crippen MR) is 114 cm³/mol. The maximum absolute atomic E-state index is 13.3. The number of rotatable bonds is 3. The lowest BCUT2D eigenvalue weighted by atomic mass is 9.73. The van der Waals surface area contributed by atoms with Crippen LogP contribution in [0.2, 0.25) is 0 Å². The number of ketones is 1. The van der Waals surface area contributed by atoms with Crippen LogP contribution >= 0.6 is 0 Å². The van der Waals surface area contributed by atoms with Gasteiger partial charge in [0.25, 0.3) is 0 Å². The van der Waals surface area contributed by atoms with Crippen molar-refractivity contribution >= 4 is 5.78 Å². The van der Waals surface area contributed by atoms with Crippen LogP contribution in [0.5, 0.6) is 23.0 Å². The first-order chi connectivity index (χ1) is 14.3. The first-order valence-corrected chi connectivity index (χ1v) is 10.2. The second-order valence-electron chi connectivity index (χ2n) is 8.38. The zero-order chi connectivity index (χ0) is 21.6. The van der Waals surface area contributed by atoms with Crippen LogP contribution in [0, 0.1) is 5.92 Å². The van der Waals surface area contributed by atoms with Crippen LogP contribution in [0.4, 0.5) is 0 Å². The Bertz CT molecular complexity index is 1050. The van der Waals surface area contributed by atoms with Gasteiger partial charge < -0.3 is 20.1 Å². The molecule has 1 aliphatic heterocycles. The summed E-state index contributed by atoms with van der Waals surface area (Å²) in [6.45, 7) is 8.18. The van der Waals surface area contributed by atoms with Crippen LogP contribution in [0.25, 0.3) is 0 Å². The molecule has 2 aliphatic rings. The van der Waals surface area contributed by atoms with Crippen molar-refractivity contribution in [3.63, 3.8) is 0 Å². The monoisotopic (exact) mass is 406 g/mol. The van der Waals surface area contributed by atoms with Gasteiger partial charge in [-0.3, -0.25) is 4.79 Å². The topological polar surface area (TPSA) is 87.0 Å². The van der Waals surface area contributed by atoms with E-state index in [0.29, 0.717) is 11.1 Å². The molecule has 4 rings (SSSR count). The van der Waals surface area contributed by atoms with E-state index < -0.39 is 5.92 Å². The summed E-state index contributed by atoms with van der Waals surface area (Å²) in [6.07, 6.45) is 3.86. The van der Waals surface area contributed by atoms with E-state index in [1.54, 1.807) is 12.1 Å². The van der Waals surface area contributed by atoms with E-state index >= 15 is 0 Å². The molecule has 156 valence electrons. The average molecular weight is 406 g/mol. The second kappa shape index (κ2) is 7.56. The number of benzene rings is 2. The summed E-state index contributed by atoms with van der Waals surface area (Å²) < 4.78 is 5.75. The summed E-state index contributed by atoms with van der Waals surface area (Å²) in [5.41, 5.74) is 3.31. The number of hydrogen-bond donors (Lipinski definition) is 3. The lowest BCUT2D eigenvalue weighted by molar-refractivity contribution is 0.0891. The Morgan fingerprint density at radius 2 is 1.87 bits per heavy atom. The van der Waals surface area contributed by atoms with Crippen LogP contribution in [0.15, 0.2) is 54.1 Å². The second-order valence-corrected chi connectivity index (χ2v) is 8.38. The van der Waals surface area contributed by atoms with Gasteiger partial charge in [-0.15, -0.1) is 0 Å². The Morgan fingerprint density at radius 1 is 1.17 bits per heavy atom. The van der Waals surface area contributed by atoms with E-state index in [-0.39, 0.29) is 52.8 Å². The minimum absolute atomic E-state index is 0.0658. The number of carbonyl (C=O) groups excluding carboxylic acids is 1. The van der Waals surface area contributed by atoms with Crippen molar-refractivity contribution in [3.05, 3.63) is 70.8 Å². The highest BCUT2D eigenvalue weighted by Gasteiger charge is 2.38. The van der Waals surface area contributed by atoms with Gasteiger partial charge in [0.15, 0.2) is 5.78 Å². The molecule has 0 unspecified atom stereocenters. The largest absolute Gasteiger partial charge is 0.508 e. The zero-order valence-electron chi connectivity index (χ0n) is 17.2. The third-order valence-electron chi connectivity index (χ3n) is 6.26. The fourth-order valence-corrected chi connectivity index (χ4v) is 4.61. The summed E-state index contributed by atoms with van der Waals surface area (Å²) in [7, 11) is 0. The molecule has 3 N–H and O–H groups in total. The molecule has 0 spiro atoms. The van der Waals surface area contributed by atoms with Gasteiger partial charge in [-0.05, 0) is 50.3 Å². The molecule has 1 aliphatic carbocycles. The Balaban J connectivity index is 1.82. The molecule has 2 aromatic rings. The molecule has 0 saturated heterocycles. The van der Waals surface area contributed by atoms with Crippen molar-refractivity contribution in [1.82, 2.24) is 0 Å². The minimum Gasteiger partial charge on any atom is -0.508 e. The number of hydrogen-bond acceptors (Lipinski definition) is 5. The maximum Gasteiger partial charge on any atom is 0.181 e. The number of allylic oxidation sites excluding steroid dienone is 3. The molecular weight excluding hydrogens is 380 g/mol. The molecule has 0 amide bonds. The van der Waals surface area contributed by atoms with E-state index in [2.05, 4.69) is 12.7 Å². The summed E-state index contributed by atoms with van der Waals surface area (Å²) >= 11 is 0. The van der Waals surface area contributed by atoms with E-state index in [1.165, 1.54) is 23.8 Å². The number of Topliss-reactive ketones (excluding diaryl/α,β-unsaturated/α-hetero) is 1. The van der Waals surface area contributed by atoms with Crippen molar-refractivity contribution in [2.45, 2.75) is 38.5 Å². The van der Waals surface area contributed by atoms with Crippen LogP contribution in [-0.2, 0) is 0 Å². The van der Waals surface area contributed by atoms with Gasteiger partial charge in [0.2, 0.25) is 0 Å². The highest BCUT2D eigenvalue weighted by Crippen LogP contribution is 2.51. The number of carbonyl (C=O) groups is 1. The molecule has 30 heavy (non-hydrogen) atoms. The first kappa shape index (κ1) is 20.1. The van der Waals surface area contributed by atoms with E-state index in [1.807, 2.05) is 13.8 Å². The van der Waals surface area contributed by atoms with Gasteiger partial charge in [-0.2, -0.15) is 0 Å². The maximum atomic E-state index is 13.3. The summed E-state index contributed by atoms with van der Waals surface area (Å²) in [4.78, 5) is 13.3. The van der Waals surface area contributed by atoms with Crippen LogP contribution in [-0.4, -0.2) is 27.7 Å². The normalized spacial score (nSPS) is 23.3. The Hall–Kier alpha value is -3.21. The van der Waals surface area contributed by atoms with Crippen LogP contribution in [0.1, 0.15) is 60.0 Å². The van der Waals surface area contributed by atoms with Gasteiger partial charge in [0.05, 0.1) is 5.92 Å². The molecule has 3 atom stereocenters. The molecule has 1 heterocycles. The van der Waals surface area contributed by atoms with E-state index in [9.17, 15) is 20.1 Å². The average Bonchev–Trinajstić information content (AvgIpc) is 2.68. The SMILES string of the molecule is C=C(C)[C@@H]1CCC(C)=C[C@H]1c1c(O)cc2c(c1O)C(=O)[C@H](c1ccc(O)cc1)CO2. The molecule has 0 saturated carbocycles. The fraction of sp³-hybridized carbons (Fsp3) is 0.320. The number of phenolic OH excluding ortho intramolecular Hbond substituents is 3. The number of fused-ring (bicyclic) bond motifs is 1. The molecule has 0 fully saturated rings. The molecular formula is C25H26O5. The Kier molecular flexibility index (Phi) is 5.06. The van der Waals surface area contributed by atoms with Gasteiger partial charge >= 0.3 is 0 Å². The Morgan fingerprint density at radius 3 is 2.53 bits per heavy atom. The van der Waals surface area contributed by atoms with Gasteiger partial charge in [0, 0.05) is 17.5 Å². The number of ether oxygens (including phenoxy) is 1. The number of aromatic hydroxyl groups is 3. The van der Waals surface area contributed by atoms with E-state index in [4.69, 9.17) is 4.74 Å². The first-order valence-electron chi connectivity index (χ1n) is 10.2. The zero-order valence-corrected chi connectivity index (χ0v) is 17.2. The van der Waals surface area contributed by atoms with E-state index in [0.717, 1.165) is 18.4 Å². The third-order valence-corrected chi connectivity index (χ3v) is 6.26. The van der Waals surface area contributed by atoms with Crippen LogP contribution in [0.3, 0.4) is 0 Å². The van der Waals surface area contributed by atoms with Crippen molar-refractivity contribution in [1.29, 1.82) is 0 Å². The van der Waals surface area contributed by atoms with Crippen molar-refractivity contribution < 1.29 is 24.9 Å². The van der Waals surface area contributed by atoms with Crippen molar-refractivity contribution in [3.8, 4) is 23.0 Å². The summed E-state index contributed by atoms with van der Waals surface area (Å²) in [5.74, 6) is -1.05. The quantitative estimate of drug-likeness (QED) is 0.612. The predicted octanol–water partition coefficient (Wildman–Crippen LogP) is 5.18. The van der Waals surface area contributed by atoms with Crippen LogP contribution < -0.4 is 4.74 Å². The van der Waals surface area contributed by atoms with Crippen molar-refractivity contribution in [2.24, 2.45) is 5.92 Å². The van der Waals surface area contributed by atoms with Crippen molar-refractivity contribution in [2.75, 3.05) is 6.61 Å². The van der Waals surface area contributed by atoms with Gasteiger partial charge in [-0.1, -0.05) is 35.9 Å². The third kappa shape index (κ3) is 3.34. The lowest BCUT2D eigenvalue weighted by Crippen LogP contribution is -2.27. The van der Waals surface area contributed by atoms with Gasteiger partial charge in [-0.25, -0.2) is 0 Å². The highest BCUT2D eigenvalue weighted by atomic mass is 16.5. The minimum atomic E-state index is -0.595. The number of phenols is 3. The standard InChI is InChI=1S/C25H26O5/c1-13(2)17-9-4-14(3)10-18(17)22-20(27)11-21-23(25(22)29)24(28)19(12-30-21)15-5-7-16(26)8-6-15/h5-8,10-11,17-19,26-27,29H,1,4,9,12H2,2-3H3/t17-,18+,19-/m0/s1. The molecule has 2 aromatic carbocycles. The highest BCUT2D eigenvalue weighted by molar-refractivity contribution is 6.07. The molecule has 5 heteroatoms. The molecule has 0 aromatic heterocycles. The molecule has 5 nitrogen and oxygen atoms in total. The van der Waals surface area contributed by atoms with Gasteiger partial charge in [0.1, 0.15) is 35.2 Å². The summed E-state index contributed by atoms with van der Waals surface area (Å²) in [6, 6.07) is 7.83. The summed E-state index contributed by atoms with van der Waals surface area (Å²) in [5, 5.41) is 31.4. The fourth-order valence-electron chi connectivity index (χ4n) is 4.61. The molecule has 0 bridgehead atoms. The lowest BCUT2D eigenvalue weighted by Gasteiger charge is -2.33. The molecule has 0 radical (unpaired) electrons. The smallest absolute Gasteiger partial charge is 0.181 e.